The molecule has 4 heterocycles. The summed E-state index contributed by atoms with van der Waals surface area (Å²) in [6, 6.07) is 0. The molecule has 0 aromatic rings. The highest BCUT2D eigenvalue weighted by molar-refractivity contribution is 5.66. The lowest BCUT2D eigenvalue weighted by Gasteiger charge is -2.80. The number of hydrogen-bond donors (Lipinski definition) is 3. The van der Waals surface area contributed by atoms with Crippen molar-refractivity contribution in [3.8, 4) is 0 Å². The molecule has 4 saturated heterocycles. The maximum absolute atomic E-state index is 12.2. The normalized spacial score (nSPS) is 60.8. The molecule has 7 nitrogen and oxygen atoms in total. The summed E-state index contributed by atoms with van der Waals surface area (Å²) < 4.78 is 18.5. The molecular weight excluding hydrogens is 376 g/mol. The van der Waals surface area contributed by atoms with Crippen LogP contribution >= 0.6 is 0 Å². The number of carbonyl (C=O) groups excluding carboxylic acids is 1. The first-order chi connectivity index (χ1) is 13.5. The molecule has 7 bridgehead atoms. The van der Waals surface area contributed by atoms with E-state index in [1.165, 1.54) is 6.92 Å². The maximum Gasteiger partial charge on any atom is 0.303 e. The molecule has 2 spiro atoms. The Morgan fingerprint density at radius 3 is 2.66 bits per heavy atom. The van der Waals surface area contributed by atoms with E-state index in [-0.39, 0.29) is 17.3 Å². The largest absolute Gasteiger partial charge is 0.456 e. The number of hydrogen-bond acceptors (Lipinski definition) is 7. The number of aliphatic hydroxyl groups excluding tert-OH is 2. The van der Waals surface area contributed by atoms with Gasteiger partial charge in [-0.1, -0.05) is 26.8 Å². The maximum atomic E-state index is 12.2. The van der Waals surface area contributed by atoms with Crippen molar-refractivity contribution in [2.45, 2.75) is 82.9 Å². The number of ether oxygens (including phenoxy) is 3. The molecule has 0 aromatic heterocycles. The number of carbonyl (C=O) groups is 1. The average Bonchev–Trinajstić information content (AvgIpc) is 2.76. The summed E-state index contributed by atoms with van der Waals surface area (Å²) in [6.07, 6.45) is -0.899. The predicted molar refractivity (Wildman–Crippen MR) is 99.0 cm³/mol. The van der Waals surface area contributed by atoms with Crippen LogP contribution in [0.25, 0.3) is 0 Å². The molecule has 0 amide bonds. The summed E-state index contributed by atoms with van der Waals surface area (Å²) in [5.74, 6) is -3.33. The smallest absolute Gasteiger partial charge is 0.303 e. The van der Waals surface area contributed by atoms with Crippen LogP contribution in [0, 0.1) is 34.0 Å². The van der Waals surface area contributed by atoms with Crippen LogP contribution in [0.2, 0.25) is 0 Å². The summed E-state index contributed by atoms with van der Waals surface area (Å²) in [5, 5.41) is 35.0. The van der Waals surface area contributed by atoms with E-state index in [9.17, 15) is 20.1 Å². The van der Waals surface area contributed by atoms with Gasteiger partial charge in [0.1, 0.15) is 0 Å². The van der Waals surface area contributed by atoms with Crippen molar-refractivity contribution in [3.05, 3.63) is 12.2 Å². The molecule has 0 aromatic carbocycles. The van der Waals surface area contributed by atoms with Gasteiger partial charge in [0.05, 0.1) is 23.7 Å². The quantitative estimate of drug-likeness (QED) is 0.442. The molecule has 4 saturated carbocycles. The second-order valence-electron chi connectivity index (χ2n) is 11.0. The van der Waals surface area contributed by atoms with Gasteiger partial charge in [0.15, 0.2) is 12.4 Å². The minimum Gasteiger partial charge on any atom is -0.456 e. The van der Waals surface area contributed by atoms with E-state index in [1.54, 1.807) is 0 Å². The third kappa shape index (κ3) is 1.66. The summed E-state index contributed by atoms with van der Waals surface area (Å²) >= 11 is 0. The Bertz CT molecular complexity index is 824. The van der Waals surface area contributed by atoms with Gasteiger partial charge in [-0.05, 0) is 30.3 Å². The SMILES string of the molecule is C=C1C(O)[C@@]23[C@@H]4OC5O[C@@]2(O)[C@@H](OC(C)=O)[C@@H]2C(C)(C)CCC[C@]52[C@@H]3[C@@H](O)C[C@H]14. The van der Waals surface area contributed by atoms with E-state index in [2.05, 4.69) is 20.4 Å². The minimum absolute atomic E-state index is 0.250. The Balaban J connectivity index is 1.67. The van der Waals surface area contributed by atoms with Crippen LogP contribution in [0.5, 0.6) is 0 Å². The first kappa shape index (κ1) is 18.8. The molecule has 8 fully saturated rings. The van der Waals surface area contributed by atoms with Gasteiger partial charge >= 0.3 is 5.97 Å². The van der Waals surface area contributed by atoms with Gasteiger partial charge in [-0.25, -0.2) is 0 Å². The zero-order valence-electron chi connectivity index (χ0n) is 17.1. The number of aliphatic hydroxyl groups is 3. The van der Waals surface area contributed by atoms with Crippen molar-refractivity contribution in [1.29, 1.82) is 0 Å². The summed E-state index contributed by atoms with van der Waals surface area (Å²) in [7, 11) is 0. The molecule has 11 atom stereocenters. The van der Waals surface area contributed by atoms with E-state index < -0.39 is 59.2 Å². The van der Waals surface area contributed by atoms with Crippen LogP contribution in [0.4, 0.5) is 0 Å². The fourth-order valence-electron chi connectivity index (χ4n) is 9.03. The molecule has 3 N–H and O–H groups in total. The van der Waals surface area contributed by atoms with E-state index in [1.807, 2.05) is 0 Å². The predicted octanol–water partition coefficient (Wildman–Crippen LogP) is 1.10. The Kier molecular flexibility index (Phi) is 3.28. The Labute approximate surface area is 170 Å². The second kappa shape index (κ2) is 5.07. The van der Waals surface area contributed by atoms with E-state index in [0.717, 1.165) is 19.3 Å². The average molecular weight is 406 g/mol. The van der Waals surface area contributed by atoms with Gasteiger partial charge in [0, 0.05) is 30.1 Å². The van der Waals surface area contributed by atoms with Crippen LogP contribution in [0.1, 0.15) is 46.5 Å². The molecule has 0 radical (unpaired) electrons. The Morgan fingerprint density at radius 1 is 1.24 bits per heavy atom. The van der Waals surface area contributed by atoms with Crippen LogP contribution in [-0.4, -0.2) is 57.8 Å². The van der Waals surface area contributed by atoms with Gasteiger partial charge in [0.2, 0.25) is 5.79 Å². The van der Waals surface area contributed by atoms with Crippen molar-refractivity contribution < 1.29 is 34.3 Å². The summed E-state index contributed by atoms with van der Waals surface area (Å²) in [5.41, 5.74) is -1.61. The van der Waals surface area contributed by atoms with E-state index in [0.29, 0.717) is 12.0 Å². The third-order valence-electron chi connectivity index (χ3n) is 9.54. The van der Waals surface area contributed by atoms with Crippen LogP contribution in [-0.2, 0) is 19.0 Å². The highest BCUT2D eigenvalue weighted by Gasteiger charge is 2.92. The molecule has 7 heteroatoms. The molecule has 8 rings (SSSR count). The standard InChI is InChI=1S/C22H30O7/c1-9-11-8-12(24)13-20-7-5-6-19(3,4)14(20)17(27-10(2)23)22(26)21(13,15(9)25)16(11)28-18(20)29-22/h11-18,24-26H,1,5-8H2,2-4H3/t11-,12+,13+,14-,15?,16-,17+,18?,20-,21+,22+/m1/s1. The van der Waals surface area contributed by atoms with E-state index >= 15 is 0 Å². The van der Waals surface area contributed by atoms with Crippen LogP contribution in [0.15, 0.2) is 12.2 Å². The summed E-state index contributed by atoms with van der Waals surface area (Å²) in [6.45, 7) is 9.69. The van der Waals surface area contributed by atoms with Crippen molar-refractivity contribution in [1.82, 2.24) is 0 Å². The lowest BCUT2D eigenvalue weighted by atomic mass is 9.34. The zero-order valence-corrected chi connectivity index (χ0v) is 17.1. The van der Waals surface area contributed by atoms with Crippen molar-refractivity contribution in [3.63, 3.8) is 0 Å². The van der Waals surface area contributed by atoms with Gasteiger partial charge in [0.25, 0.3) is 0 Å². The van der Waals surface area contributed by atoms with Crippen molar-refractivity contribution in [2.75, 3.05) is 0 Å². The molecule has 4 aliphatic carbocycles. The lowest BCUT2D eigenvalue weighted by molar-refractivity contribution is -0.569. The molecule has 29 heavy (non-hydrogen) atoms. The van der Waals surface area contributed by atoms with Crippen molar-refractivity contribution in [2.24, 2.45) is 34.0 Å². The Hall–Kier alpha value is -0.990. The monoisotopic (exact) mass is 406 g/mol. The minimum atomic E-state index is -1.93. The fraction of sp³-hybridized carbons (Fsp3) is 0.864. The van der Waals surface area contributed by atoms with Gasteiger partial charge in [-0.15, -0.1) is 0 Å². The number of rotatable bonds is 1. The molecular formula is C22H30O7. The third-order valence-corrected chi connectivity index (χ3v) is 9.54. The number of esters is 1. The molecule has 160 valence electrons. The van der Waals surface area contributed by atoms with Crippen molar-refractivity contribution >= 4 is 5.97 Å². The lowest BCUT2D eigenvalue weighted by Crippen LogP contribution is -2.91. The molecule has 4 aliphatic heterocycles. The second-order valence-corrected chi connectivity index (χ2v) is 11.0. The fourth-order valence-corrected chi connectivity index (χ4v) is 9.03. The zero-order chi connectivity index (χ0) is 20.7. The molecule has 2 unspecified atom stereocenters. The van der Waals surface area contributed by atoms with Gasteiger partial charge in [-0.2, -0.15) is 0 Å². The molecule has 8 aliphatic rings. The van der Waals surface area contributed by atoms with E-state index in [4.69, 9.17) is 14.2 Å². The van der Waals surface area contributed by atoms with Gasteiger partial charge < -0.3 is 29.5 Å². The highest BCUT2D eigenvalue weighted by Crippen LogP contribution is 2.82. The van der Waals surface area contributed by atoms with Crippen LogP contribution in [0.3, 0.4) is 0 Å². The highest BCUT2D eigenvalue weighted by atomic mass is 16.8. The first-order valence-electron chi connectivity index (χ1n) is 10.8. The Morgan fingerprint density at radius 2 is 1.97 bits per heavy atom. The summed E-state index contributed by atoms with van der Waals surface area (Å²) in [4.78, 5) is 12.1. The first-order valence-corrected chi connectivity index (χ1v) is 10.8. The van der Waals surface area contributed by atoms with Crippen LogP contribution < -0.4 is 0 Å². The van der Waals surface area contributed by atoms with Gasteiger partial charge in [-0.3, -0.25) is 4.79 Å². The topological polar surface area (TPSA) is 105 Å².